The van der Waals surface area contributed by atoms with Gasteiger partial charge in [-0.05, 0) is 48.3 Å². The number of hydrogen-bond donors (Lipinski definition) is 1. The highest BCUT2D eigenvalue weighted by atomic mass is 127. The largest absolute Gasteiger partial charge is 0.353 e. The molecule has 1 N–H and O–H groups in total. The average Bonchev–Trinajstić information content (AvgIpc) is 2.78. The molecule has 1 saturated heterocycles. The summed E-state index contributed by atoms with van der Waals surface area (Å²) < 4.78 is 0.683. The molecule has 1 atom stereocenters. The molecule has 0 spiro atoms. The summed E-state index contributed by atoms with van der Waals surface area (Å²) in [6, 6.07) is 0.483. The van der Waals surface area contributed by atoms with Gasteiger partial charge in [-0.15, -0.1) is 11.6 Å². The van der Waals surface area contributed by atoms with Crippen molar-refractivity contribution in [1.82, 2.24) is 9.97 Å². The van der Waals surface area contributed by atoms with E-state index in [4.69, 9.17) is 11.6 Å². The molecule has 0 aliphatic carbocycles. The first kappa shape index (κ1) is 13.1. The smallest absolute Gasteiger partial charge is 0.266 e. The van der Waals surface area contributed by atoms with E-state index >= 15 is 0 Å². The van der Waals surface area contributed by atoms with Gasteiger partial charge in [0.2, 0.25) is 0 Å². The SMILES string of the molecule is O=c1[nH]cnc(N2CCCC2CCCCl)c1I. The fourth-order valence-electron chi connectivity index (χ4n) is 2.30. The summed E-state index contributed by atoms with van der Waals surface area (Å²) in [6.45, 7) is 0.986. The predicted molar refractivity (Wildman–Crippen MR) is 77.9 cm³/mol. The number of rotatable bonds is 4. The average molecular weight is 368 g/mol. The standard InChI is InChI=1S/C11H15ClIN3O/c12-5-1-3-8-4-2-6-16(8)10-9(13)11(17)15-7-14-10/h7-8H,1-6H2,(H,14,15,17). The van der Waals surface area contributed by atoms with E-state index in [0.717, 1.165) is 31.6 Å². The van der Waals surface area contributed by atoms with Gasteiger partial charge in [0.25, 0.3) is 5.56 Å². The normalized spacial score (nSPS) is 19.9. The van der Waals surface area contributed by atoms with E-state index in [2.05, 4.69) is 37.5 Å². The Hall–Kier alpha value is -0.300. The second-order valence-electron chi connectivity index (χ2n) is 4.19. The van der Waals surface area contributed by atoms with Gasteiger partial charge in [-0.1, -0.05) is 0 Å². The van der Waals surface area contributed by atoms with Gasteiger partial charge in [0, 0.05) is 18.5 Å². The molecule has 0 radical (unpaired) electrons. The van der Waals surface area contributed by atoms with Crippen LogP contribution in [-0.4, -0.2) is 28.4 Å². The summed E-state index contributed by atoms with van der Waals surface area (Å²) in [5.74, 6) is 1.52. The van der Waals surface area contributed by atoms with E-state index in [-0.39, 0.29) is 5.56 Å². The van der Waals surface area contributed by atoms with E-state index < -0.39 is 0 Å². The molecule has 1 unspecified atom stereocenters. The molecule has 0 amide bonds. The van der Waals surface area contributed by atoms with Gasteiger partial charge in [-0.3, -0.25) is 4.79 Å². The number of anilines is 1. The van der Waals surface area contributed by atoms with E-state index in [1.54, 1.807) is 0 Å². The van der Waals surface area contributed by atoms with Crippen molar-refractivity contribution in [3.63, 3.8) is 0 Å². The Kier molecular flexibility index (Phi) is 4.67. The third kappa shape index (κ3) is 2.93. The van der Waals surface area contributed by atoms with Crippen molar-refractivity contribution >= 4 is 40.0 Å². The molecule has 1 aliphatic rings. The molecule has 4 nitrogen and oxygen atoms in total. The van der Waals surface area contributed by atoms with Crippen molar-refractivity contribution in [2.45, 2.75) is 31.7 Å². The fraction of sp³-hybridized carbons (Fsp3) is 0.636. The summed E-state index contributed by atoms with van der Waals surface area (Å²) >= 11 is 7.81. The number of nitrogens with zero attached hydrogens (tertiary/aromatic N) is 2. The Morgan fingerprint density at radius 3 is 3.24 bits per heavy atom. The van der Waals surface area contributed by atoms with Crippen LogP contribution in [0.2, 0.25) is 0 Å². The molecule has 1 aromatic heterocycles. The maximum Gasteiger partial charge on any atom is 0.266 e. The topological polar surface area (TPSA) is 49.0 Å². The molecule has 17 heavy (non-hydrogen) atoms. The minimum atomic E-state index is -0.0569. The van der Waals surface area contributed by atoms with Gasteiger partial charge in [0.1, 0.15) is 9.39 Å². The molecule has 2 rings (SSSR count). The zero-order valence-corrected chi connectivity index (χ0v) is 12.4. The van der Waals surface area contributed by atoms with Crippen molar-refractivity contribution in [2.75, 3.05) is 17.3 Å². The Morgan fingerprint density at radius 1 is 1.65 bits per heavy atom. The first-order valence-electron chi connectivity index (χ1n) is 5.80. The van der Waals surface area contributed by atoms with Crippen molar-refractivity contribution in [1.29, 1.82) is 0 Å². The van der Waals surface area contributed by atoms with Crippen LogP contribution in [-0.2, 0) is 0 Å². The summed E-state index contributed by atoms with van der Waals surface area (Å²) in [6.07, 6.45) is 5.91. The number of nitrogens with one attached hydrogen (secondary N) is 1. The van der Waals surface area contributed by atoms with Gasteiger partial charge in [0.05, 0.1) is 6.33 Å². The lowest BCUT2D eigenvalue weighted by Gasteiger charge is -2.26. The van der Waals surface area contributed by atoms with Crippen molar-refractivity contribution in [3.05, 3.63) is 20.3 Å². The summed E-state index contributed by atoms with van der Waals surface area (Å²) in [5.41, 5.74) is -0.0569. The van der Waals surface area contributed by atoms with E-state index in [1.807, 2.05) is 0 Å². The van der Waals surface area contributed by atoms with Crippen molar-refractivity contribution < 1.29 is 0 Å². The predicted octanol–water partition coefficient (Wildman–Crippen LogP) is 2.36. The first-order valence-corrected chi connectivity index (χ1v) is 7.41. The highest BCUT2D eigenvalue weighted by Crippen LogP contribution is 2.28. The second-order valence-corrected chi connectivity index (χ2v) is 5.65. The van der Waals surface area contributed by atoms with Crippen LogP contribution in [0.25, 0.3) is 0 Å². The zero-order valence-electron chi connectivity index (χ0n) is 9.46. The molecular formula is C11H15ClIN3O. The number of aromatic amines is 1. The van der Waals surface area contributed by atoms with Crippen LogP contribution >= 0.6 is 34.2 Å². The zero-order chi connectivity index (χ0) is 12.3. The molecule has 6 heteroatoms. The molecule has 0 aromatic carbocycles. The lowest BCUT2D eigenvalue weighted by atomic mass is 10.1. The van der Waals surface area contributed by atoms with Crippen LogP contribution in [0, 0.1) is 3.57 Å². The monoisotopic (exact) mass is 367 g/mol. The maximum absolute atomic E-state index is 11.6. The molecule has 0 saturated carbocycles. The number of alkyl halides is 1. The quantitative estimate of drug-likeness (QED) is 0.656. The summed E-state index contributed by atoms with van der Waals surface area (Å²) in [5, 5.41) is 0. The molecule has 2 heterocycles. The van der Waals surface area contributed by atoms with Gasteiger partial charge in [-0.25, -0.2) is 4.98 Å². The number of H-pyrrole nitrogens is 1. The summed E-state index contributed by atoms with van der Waals surface area (Å²) in [4.78, 5) is 20.7. The van der Waals surface area contributed by atoms with E-state index in [1.165, 1.54) is 12.7 Å². The Labute approximate surface area is 119 Å². The minimum Gasteiger partial charge on any atom is -0.353 e. The Balaban J connectivity index is 2.20. The van der Waals surface area contributed by atoms with E-state index in [9.17, 15) is 4.79 Å². The van der Waals surface area contributed by atoms with Gasteiger partial charge in [-0.2, -0.15) is 0 Å². The second kappa shape index (κ2) is 6.04. The first-order chi connectivity index (χ1) is 8.24. The molecule has 1 fully saturated rings. The third-order valence-electron chi connectivity index (χ3n) is 3.10. The fourth-order valence-corrected chi connectivity index (χ4v) is 3.06. The van der Waals surface area contributed by atoms with E-state index in [0.29, 0.717) is 15.5 Å². The van der Waals surface area contributed by atoms with Crippen LogP contribution in [0.15, 0.2) is 11.1 Å². The van der Waals surface area contributed by atoms with Crippen LogP contribution in [0.4, 0.5) is 5.82 Å². The number of halogens is 2. The molecule has 1 aliphatic heterocycles. The maximum atomic E-state index is 11.6. The number of hydrogen-bond acceptors (Lipinski definition) is 3. The third-order valence-corrected chi connectivity index (χ3v) is 4.34. The highest BCUT2D eigenvalue weighted by Gasteiger charge is 2.27. The minimum absolute atomic E-state index is 0.0569. The molecule has 1 aromatic rings. The Morgan fingerprint density at radius 2 is 2.47 bits per heavy atom. The van der Waals surface area contributed by atoms with Crippen LogP contribution in [0.5, 0.6) is 0 Å². The highest BCUT2D eigenvalue weighted by molar-refractivity contribution is 14.1. The summed E-state index contributed by atoms with van der Waals surface area (Å²) in [7, 11) is 0. The lowest BCUT2D eigenvalue weighted by Crippen LogP contribution is -2.32. The number of aromatic nitrogens is 2. The van der Waals surface area contributed by atoms with Gasteiger partial charge in [0.15, 0.2) is 0 Å². The van der Waals surface area contributed by atoms with Crippen LogP contribution in [0.3, 0.4) is 0 Å². The Bertz CT molecular complexity index is 437. The molecule has 94 valence electrons. The molecule has 0 bridgehead atoms. The van der Waals surface area contributed by atoms with Crippen LogP contribution in [0.1, 0.15) is 25.7 Å². The van der Waals surface area contributed by atoms with Gasteiger partial charge >= 0.3 is 0 Å². The van der Waals surface area contributed by atoms with Crippen molar-refractivity contribution in [3.8, 4) is 0 Å². The van der Waals surface area contributed by atoms with Crippen LogP contribution < -0.4 is 10.5 Å². The van der Waals surface area contributed by atoms with Crippen molar-refractivity contribution in [2.24, 2.45) is 0 Å². The molecular weight excluding hydrogens is 352 g/mol. The lowest BCUT2D eigenvalue weighted by molar-refractivity contribution is 0.597. The van der Waals surface area contributed by atoms with Gasteiger partial charge < -0.3 is 9.88 Å².